The van der Waals surface area contributed by atoms with Gasteiger partial charge in [0.2, 0.25) is 0 Å². The summed E-state index contributed by atoms with van der Waals surface area (Å²) in [7, 11) is 0. The quantitative estimate of drug-likeness (QED) is 0.449. The van der Waals surface area contributed by atoms with Gasteiger partial charge in [-0.1, -0.05) is 48.5 Å². The molecule has 1 aliphatic rings. The standard InChI is InChI=1S/C20H21NO3S/c22-18(21-13-14-25-17-9-5-2-6-10-17)15-24-19(23)20(11-12-20)16-7-3-1-4-8-16/h1-10H,11-15H2,(H,21,22). The number of ether oxygens (including phenoxy) is 1. The highest BCUT2D eigenvalue weighted by Gasteiger charge is 2.52. The van der Waals surface area contributed by atoms with Crippen molar-refractivity contribution in [2.24, 2.45) is 0 Å². The Balaban J connectivity index is 1.37. The summed E-state index contributed by atoms with van der Waals surface area (Å²) in [5.74, 6) is 0.218. The zero-order valence-corrected chi connectivity index (χ0v) is 14.8. The average Bonchev–Trinajstić information content (AvgIpc) is 3.47. The third-order valence-corrected chi connectivity index (χ3v) is 5.25. The second kappa shape index (κ2) is 8.21. The van der Waals surface area contributed by atoms with Gasteiger partial charge in [-0.3, -0.25) is 9.59 Å². The molecule has 0 heterocycles. The van der Waals surface area contributed by atoms with Crippen LogP contribution in [0.25, 0.3) is 0 Å². The van der Waals surface area contributed by atoms with Gasteiger partial charge in [-0.2, -0.15) is 0 Å². The lowest BCUT2D eigenvalue weighted by Crippen LogP contribution is -2.33. The second-order valence-electron chi connectivity index (χ2n) is 6.04. The van der Waals surface area contributed by atoms with Gasteiger partial charge in [0.05, 0.1) is 5.41 Å². The van der Waals surface area contributed by atoms with Crippen molar-refractivity contribution in [3.63, 3.8) is 0 Å². The van der Waals surface area contributed by atoms with Gasteiger partial charge < -0.3 is 10.1 Å². The molecule has 1 fully saturated rings. The molecule has 1 saturated carbocycles. The fraction of sp³-hybridized carbons (Fsp3) is 0.300. The Labute approximate surface area is 152 Å². The predicted octanol–water partition coefficient (Wildman–Crippen LogP) is 3.17. The first-order valence-corrected chi connectivity index (χ1v) is 9.37. The summed E-state index contributed by atoms with van der Waals surface area (Å²) in [5.41, 5.74) is 0.435. The van der Waals surface area contributed by atoms with E-state index in [9.17, 15) is 9.59 Å². The largest absolute Gasteiger partial charge is 0.455 e. The summed E-state index contributed by atoms with van der Waals surface area (Å²) >= 11 is 1.68. The van der Waals surface area contributed by atoms with Gasteiger partial charge >= 0.3 is 5.97 Å². The number of esters is 1. The summed E-state index contributed by atoms with van der Waals surface area (Å²) < 4.78 is 5.24. The molecule has 1 aliphatic carbocycles. The highest BCUT2D eigenvalue weighted by molar-refractivity contribution is 7.99. The Bertz CT molecular complexity index is 714. The zero-order chi connectivity index (χ0) is 17.5. The van der Waals surface area contributed by atoms with Crippen molar-refractivity contribution < 1.29 is 14.3 Å². The highest BCUT2D eigenvalue weighted by Crippen LogP contribution is 2.49. The minimum Gasteiger partial charge on any atom is -0.455 e. The minimum atomic E-state index is -0.537. The minimum absolute atomic E-state index is 0.219. The van der Waals surface area contributed by atoms with Crippen molar-refractivity contribution in [3.8, 4) is 0 Å². The molecule has 0 aliphatic heterocycles. The van der Waals surface area contributed by atoms with Crippen molar-refractivity contribution in [1.82, 2.24) is 5.32 Å². The maximum Gasteiger partial charge on any atom is 0.317 e. The van der Waals surface area contributed by atoms with E-state index in [1.165, 1.54) is 4.90 Å². The van der Waals surface area contributed by atoms with E-state index in [-0.39, 0.29) is 18.5 Å². The Hall–Kier alpha value is -2.27. The van der Waals surface area contributed by atoms with Crippen LogP contribution in [-0.4, -0.2) is 30.8 Å². The number of carbonyl (C=O) groups is 2. The van der Waals surface area contributed by atoms with Crippen LogP contribution in [-0.2, 0) is 19.7 Å². The second-order valence-corrected chi connectivity index (χ2v) is 7.20. The lowest BCUT2D eigenvalue weighted by molar-refractivity contribution is -0.151. The normalized spacial score (nSPS) is 14.6. The molecule has 130 valence electrons. The third-order valence-electron chi connectivity index (χ3n) is 4.24. The fourth-order valence-electron chi connectivity index (χ4n) is 2.69. The zero-order valence-electron chi connectivity index (χ0n) is 13.9. The van der Waals surface area contributed by atoms with Gasteiger partial charge in [-0.15, -0.1) is 11.8 Å². The maximum absolute atomic E-state index is 12.3. The molecule has 1 N–H and O–H groups in total. The van der Waals surface area contributed by atoms with Gasteiger partial charge in [0.25, 0.3) is 5.91 Å². The summed E-state index contributed by atoms with van der Waals surface area (Å²) in [5, 5.41) is 2.78. The summed E-state index contributed by atoms with van der Waals surface area (Å²) in [6.45, 7) is 0.323. The van der Waals surface area contributed by atoms with E-state index < -0.39 is 5.41 Å². The van der Waals surface area contributed by atoms with Crippen LogP contribution in [0, 0.1) is 0 Å². The number of hydrogen-bond donors (Lipinski definition) is 1. The van der Waals surface area contributed by atoms with Crippen LogP contribution < -0.4 is 5.32 Å². The fourth-order valence-corrected chi connectivity index (χ4v) is 3.48. The third kappa shape index (κ3) is 4.63. The lowest BCUT2D eigenvalue weighted by Gasteiger charge is -2.14. The van der Waals surface area contributed by atoms with Gasteiger partial charge in [0, 0.05) is 17.2 Å². The summed E-state index contributed by atoms with van der Waals surface area (Å²) in [4.78, 5) is 25.4. The van der Waals surface area contributed by atoms with Gasteiger partial charge in [0.15, 0.2) is 6.61 Å². The molecule has 25 heavy (non-hydrogen) atoms. The van der Waals surface area contributed by atoms with E-state index in [1.807, 2.05) is 60.7 Å². The Morgan fingerprint density at radius 1 is 1.00 bits per heavy atom. The van der Waals surface area contributed by atoms with E-state index in [1.54, 1.807) is 11.8 Å². The molecule has 4 nitrogen and oxygen atoms in total. The molecular formula is C20H21NO3S. The van der Waals surface area contributed by atoms with Crippen LogP contribution in [0.3, 0.4) is 0 Å². The molecule has 0 aromatic heterocycles. The van der Waals surface area contributed by atoms with Crippen LogP contribution in [0.1, 0.15) is 18.4 Å². The first-order chi connectivity index (χ1) is 12.2. The smallest absolute Gasteiger partial charge is 0.317 e. The lowest BCUT2D eigenvalue weighted by atomic mass is 9.96. The molecular weight excluding hydrogens is 334 g/mol. The predicted molar refractivity (Wildman–Crippen MR) is 98.5 cm³/mol. The average molecular weight is 355 g/mol. The number of benzene rings is 2. The van der Waals surface area contributed by atoms with Crippen molar-refractivity contribution in [2.45, 2.75) is 23.2 Å². The number of amides is 1. The Morgan fingerprint density at radius 2 is 1.64 bits per heavy atom. The van der Waals surface area contributed by atoms with Crippen LogP contribution in [0.5, 0.6) is 0 Å². The molecule has 0 saturated heterocycles. The molecule has 0 spiro atoms. The van der Waals surface area contributed by atoms with Gasteiger partial charge in [-0.05, 0) is 30.5 Å². The molecule has 3 rings (SSSR count). The van der Waals surface area contributed by atoms with Crippen LogP contribution in [0.4, 0.5) is 0 Å². The Morgan fingerprint density at radius 3 is 2.28 bits per heavy atom. The van der Waals surface area contributed by atoms with Crippen molar-refractivity contribution in [1.29, 1.82) is 0 Å². The van der Waals surface area contributed by atoms with E-state index in [2.05, 4.69) is 5.32 Å². The van der Waals surface area contributed by atoms with E-state index in [4.69, 9.17) is 4.74 Å². The van der Waals surface area contributed by atoms with Gasteiger partial charge in [0.1, 0.15) is 0 Å². The van der Waals surface area contributed by atoms with Crippen molar-refractivity contribution in [3.05, 3.63) is 66.2 Å². The molecule has 0 atom stereocenters. The van der Waals surface area contributed by atoms with Crippen molar-refractivity contribution in [2.75, 3.05) is 18.9 Å². The maximum atomic E-state index is 12.3. The number of carbonyl (C=O) groups excluding carboxylic acids is 2. The topological polar surface area (TPSA) is 55.4 Å². The molecule has 0 radical (unpaired) electrons. The number of nitrogens with one attached hydrogen (secondary N) is 1. The van der Waals surface area contributed by atoms with E-state index >= 15 is 0 Å². The monoisotopic (exact) mass is 355 g/mol. The van der Waals surface area contributed by atoms with Crippen LogP contribution >= 0.6 is 11.8 Å². The SMILES string of the molecule is O=C(COC(=O)C1(c2ccccc2)CC1)NCCSc1ccccc1. The molecule has 0 unspecified atom stereocenters. The highest BCUT2D eigenvalue weighted by atomic mass is 32.2. The first kappa shape index (κ1) is 17.5. The molecule has 0 bridgehead atoms. The number of thioether (sulfide) groups is 1. The number of hydrogen-bond acceptors (Lipinski definition) is 4. The van der Waals surface area contributed by atoms with E-state index in [0.717, 1.165) is 24.2 Å². The molecule has 2 aromatic carbocycles. The number of rotatable bonds is 8. The molecule has 2 aromatic rings. The Kier molecular flexibility index (Phi) is 5.76. The molecule has 5 heteroatoms. The summed E-state index contributed by atoms with van der Waals surface area (Å²) in [6, 6.07) is 19.7. The summed E-state index contributed by atoms with van der Waals surface area (Å²) in [6.07, 6.45) is 1.57. The molecule has 1 amide bonds. The van der Waals surface area contributed by atoms with E-state index in [0.29, 0.717) is 6.54 Å². The van der Waals surface area contributed by atoms with Gasteiger partial charge in [-0.25, -0.2) is 0 Å². The van der Waals surface area contributed by atoms with Crippen LogP contribution in [0.2, 0.25) is 0 Å². The van der Waals surface area contributed by atoms with Crippen molar-refractivity contribution >= 4 is 23.6 Å². The first-order valence-electron chi connectivity index (χ1n) is 8.38. The van der Waals surface area contributed by atoms with Crippen LogP contribution in [0.15, 0.2) is 65.6 Å².